The van der Waals surface area contributed by atoms with Crippen molar-refractivity contribution in [3.8, 4) is 0 Å². The number of fused-ring (bicyclic) bond motifs is 2. The molecule has 5 heterocycles. The van der Waals surface area contributed by atoms with Gasteiger partial charge in [0.25, 0.3) is 17.4 Å². The zero-order valence-corrected chi connectivity index (χ0v) is 17.6. The van der Waals surface area contributed by atoms with Crippen LogP contribution in [-0.2, 0) is 13.5 Å². The molecule has 5 rings (SSSR count). The number of carbonyl (C=O) groups excluding carboxylic acids is 1. The molecule has 3 aromatic heterocycles. The number of rotatable bonds is 2. The first-order chi connectivity index (χ1) is 15.3. The molecule has 0 radical (unpaired) electrons. The zero-order valence-electron chi connectivity index (χ0n) is 17.6. The topological polar surface area (TPSA) is 84.2 Å². The Morgan fingerprint density at radius 2 is 1.84 bits per heavy atom. The van der Waals surface area contributed by atoms with Gasteiger partial charge in [-0.05, 0) is 30.5 Å². The van der Waals surface area contributed by atoms with Crippen LogP contribution < -0.4 is 10.5 Å². The van der Waals surface area contributed by atoms with Crippen LogP contribution in [0, 0.1) is 0 Å². The van der Waals surface area contributed by atoms with E-state index in [2.05, 4.69) is 15.0 Å². The Labute approximate surface area is 182 Å². The van der Waals surface area contributed by atoms with Gasteiger partial charge in [0.15, 0.2) is 5.52 Å². The molecule has 2 aliphatic heterocycles. The third kappa shape index (κ3) is 3.59. The Morgan fingerprint density at radius 3 is 2.62 bits per heavy atom. The van der Waals surface area contributed by atoms with Crippen LogP contribution in [0.2, 0.25) is 0 Å². The Morgan fingerprint density at radius 1 is 1.06 bits per heavy atom. The highest BCUT2D eigenvalue weighted by Crippen LogP contribution is 2.33. The van der Waals surface area contributed by atoms with E-state index < -0.39 is 5.92 Å². The average molecular weight is 440 g/mol. The fraction of sp³-hybridized carbons (Fsp3) is 0.409. The molecule has 0 saturated carbocycles. The fourth-order valence-electron chi connectivity index (χ4n) is 4.27. The van der Waals surface area contributed by atoms with Gasteiger partial charge in [-0.2, -0.15) is 0 Å². The van der Waals surface area contributed by atoms with Crippen molar-refractivity contribution in [3.63, 3.8) is 0 Å². The Bertz CT molecular complexity index is 1270. The van der Waals surface area contributed by atoms with Gasteiger partial charge < -0.3 is 14.4 Å². The number of alkyl halides is 2. The zero-order chi connectivity index (χ0) is 22.5. The lowest BCUT2D eigenvalue weighted by Gasteiger charge is -2.33. The van der Waals surface area contributed by atoms with Gasteiger partial charge in [-0.25, -0.2) is 23.7 Å². The number of pyridine rings is 2. The van der Waals surface area contributed by atoms with Gasteiger partial charge in [-0.15, -0.1) is 0 Å². The predicted octanol–water partition coefficient (Wildman–Crippen LogP) is 2.68. The summed E-state index contributed by atoms with van der Waals surface area (Å²) in [6, 6.07) is 3.62. The van der Waals surface area contributed by atoms with Crippen molar-refractivity contribution in [2.45, 2.75) is 31.6 Å². The molecule has 0 aromatic carbocycles. The third-order valence-corrected chi connectivity index (χ3v) is 6.11. The van der Waals surface area contributed by atoms with Crippen molar-refractivity contribution in [1.82, 2.24) is 24.4 Å². The second kappa shape index (κ2) is 7.61. The maximum Gasteiger partial charge on any atom is 0.279 e. The smallest absolute Gasteiger partial charge is 0.279 e. The van der Waals surface area contributed by atoms with Crippen LogP contribution in [0.5, 0.6) is 0 Å². The largest absolute Gasteiger partial charge is 0.338 e. The highest BCUT2D eigenvalue weighted by molar-refractivity contribution is 5.94. The minimum atomic E-state index is -2.70. The molecule has 1 amide bonds. The number of aryl methyl sites for hydroxylation is 2. The molecule has 1 fully saturated rings. The van der Waals surface area contributed by atoms with E-state index in [-0.39, 0.29) is 37.4 Å². The summed E-state index contributed by atoms with van der Waals surface area (Å²) in [7, 11) is 1.63. The molecular weight excluding hydrogens is 418 g/mol. The van der Waals surface area contributed by atoms with Crippen molar-refractivity contribution in [3.05, 3.63) is 52.3 Å². The minimum absolute atomic E-state index is 0.0459. The maximum absolute atomic E-state index is 13.4. The van der Waals surface area contributed by atoms with E-state index in [0.717, 1.165) is 29.9 Å². The maximum atomic E-state index is 13.4. The number of carbonyl (C=O) groups is 1. The number of aromatic nitrogens is 4. The number of halogens is 2. The van der Waals surface area contributed by atoms with E-state index >= 15 is 0 Å². The summed E-state index contributed by atoms with van der Waals surface area (Å²) >= 11 is 0. The molecular formula is C22H22F2N6O2. The minimum Gasteiger partial charge on any atom is -0.338 e. The molecule has 32 heavy (non-hydrogen) atoms. The normalized spacial score (nSPS) is 18.0. The van der Waals surface area contributed by atoms with Crippen molar-refractivity contribution in [1.29, 1.82) is 0 Å². The monoisotopic (exact) mass is 440 g/mol. The van der Waals surface area contributed by atoms with Gasteiger partial charge in [0.05, 0.1) is 29.3 Å². The van der Waals surface area contributed by atoms with E-state index in [1.165, 1.54) is 22.0 Å². The average Bonchev–Trinajstić information content (AvgIpc) is 2.80. The lowest BCUT2D eigenvalue weighted by Crippen LogP contribution is -2.42. The van der Waals surface area contributed by atoms with Gasteiger partial charge >= 0.3 is 0 Å². The van der Waals surface area contributed by atoms with E-state index in [4.69, 9.17) is 0 Å². The van der Waals surface area contributed by atoms with E-state index in [1.54, 1.807) is 13.2 Å². The molecule has 2 aliphatic rings. The van der Waals surface area contributed by atoms with E-state index in [0.29, 0.717) is 23.1 Å². The van der Waals surface area contributed by atoms with Crippen LogP contribution in [0.25, 0.3) is 11.0 Å². The van der Waals surface area contributed by atoms with Crippen molar-refractivity contribution >= 4 is 28.4 Å². The molecule has 0 spiro atoms. The summed E-state index contributed by atoms with van der Waals surface area (Å²) in [6.45, 7) is 0.807. The second-order valence-corrected chi connectivity index (χ2v) is 8.33. The second-order valence-electron chi connectivity index (χ2n) is 8.33. The number of hydrogen-bond donors (Lipinski definition) is 0. The molecule has 3 aromatic rings. The first kappa shape index (κ1) is 20.5. The summed E-state index contributed by atoms with van der Waals surface area (Å²) in [5.74, 6) is -2.23. The quantitative estimate of drug-likeness (QED) is 0.609. The molecule has 0 aliphatic carbocycles. The van der Waals surface area contributed by atoms with E-state index in [1.807, 2.05) is 17.0 Å². The summed E-state index contributed by atoms with van der Waals surface area (Å²) < 4.78 is 28.2. The van der Waals surface area contributed by atoms with Crippen LogP contribution in [0.15, 0.2) is 35.6 Å². The number of hydrogen-bond acceptors (Lipinski definition) is 6. The molecule has 8 nitrogen and oxygen atoms in total. The van der Waals surface area contributed by atoms with Gasteiger partial charge in [-0.1, -0.05) is 0 Å². The van der Waals surface area contributed by atoms with Crippen LogP contribution in [0.3, 0.4) is 0 Å². The summed E-state index contributed by atoms with van der Waals surface area (Å²) in [6.07, 6.45) is 5.60. The molecule has 1 saturated heterocycles. The summed E-state index contributed by atoms with van der Waals surface area (Å²) in [5.41, 5.74) is 2.70. The lowest BCUT2D eigenvalue weighted by atomic mass is 10.0. The van der Waals surface area contributed by atoms with Crippen molar-refractivity contribution in [2.75, 3.05) is 24.5 Å². The Kier molecular flexibility index (Phi) is 4.87. The number of anilines is 2. The SMILES string of the molecule is Cn1cnc2cc(N3CCCc4cc(C(=O)N5CCC(F)(F)CC5)cnc43)cnc2c1=O. The molecule has 0 N–H and O–H groups in total. The Hall–Kier alpha value is -3.43. The number of likely N-dealkylation sites (tertiary alicyclic amines) is 1. The molecule has 0 bridgehead atoms. The van der Waals surface area contributed by atoms with Crippen LogP contribution in [0.4, 0.5) is 20.3 Å². The van der Waals surface area contributed by atoms with Gasteiger partial charge in [-0.3, -0.25) is 9.59 Å². The third-order valence-electron chi connectivity index (χ3n) is 6.11. The van der Waals surface area contributed by atoms with Crippen LogP contribution in [-0.4, -0.2) is 55.9 Å². The number of amides is 1. The predicted molar refractivity (Wildman–Crippen MR) is 114 cm³/mol. The first-order valence-corrected chi connectivity index (χ1v) is 10.6. The van der Waals surface area contributed by atoms with Crippen LogP contribution >= 0.6 is 0 Å². The number of piperidine rings is 1. The van der Waals surface area contributed by atoms with Gasteiger partial charge in [0.2, 0.25) is 0 Å². The standard InChI is InChI=1S/C22H22F2N6O2/c1-28-13-27-17-10-16(12-25-18(17)21(28)32)30-6-2-3-14-9-15(11-26-19(14)30)20(31)29-7-4-22(23,24)5-8-29/h9-13H,2-8H2,1H3. The molecule has 10 heteroatoms. The molecule has 166 valence electrons. The molecule has 0 unspecified atom stereocenters. The first-order valence-electron chi connectivity index (χ1n) is 10.6. The lowest BCUT2D eigenvalue weighted by molar-refractivity contribution is -0.0494. The summed E-state index contributed by atoms with van der Waals surface area (Å²) in [4.78, 5) is 41.7. The summed E-state index contributed by atoms with van der Waals surface area (Å²) in [5, 5.41) is 0. The highest BCUT2D eigenvalue weighted by atomic mass is 19.3. The van der Waals surface area contributed by atoms with Gasteiger partial charge in [0.1, 0.15) is 5.82 Å². The van der Waals surface area contributed by atoms with Crippen LogP contribution in [0.1, 0.15) is 35.2 Å². The van der Waals surface area contributed by atoms with E-state index in [9.17, 15) is 18.4 Å². The Balaban J connectivity index is 1.43. The number of nitrogens with zero attached hydrogens (tertiary/aromatic N) is 6. The van der Waals surface area contributed by atoms with Crippen molar-refractivity contribution < 1.29 is 13.6 Å². The van der Waals surface area contributed by atoms with Gasteiger partial charge in [0, 0.05) is 45.7 Å². The van der Waals surface area contributed by atoms with Crippen molar-refractivity contribution in [2.24, 2.45) is 7.05 Å². The molecule has 0 atom stereocenters. The fourth-order valence-corrected chi connectivity index (χ4v) is 4.27. The highest BCUT2D eigenvalue weighted by Gasteiger charge is 2.36.